The molecule has 0 aliphatic heterocycles. The minimum Gasteiger partial charge on any atom is -0.478 e. The summed E-state index contributed by atoms with van der Waals surface area (Å²) in [5, 5.41) is 17.2. The zero-order valence-electron chi connectivity index (χ0n) is 32.5. The number of ketones is 1. The molecule has 0 atom stereocenters. The second-order valence-electron chi connectivity index (χ2n) is 13.1. The number of benzene rings is 4. The number of carbonyl (C=O) groups excluding carboxylic acids is 1. The Bertz CT molecular complexity index is 2730. The van der Waals surface area contributed by atoms with Crippen molar-refractivity contribution in [2.24, 2.45) is 5.73 Å². The van der Waals surface area contributed by atoms with E-state index in [2.05, 4.69) is 34.8 Å². The lowest BCUT2D eigenvalue weighted by Gasteiger charge is -2.02. The Morgan fingerprint density at radius 1 is 0.677 bits per heavy atom. The standard InChI is InChI=1S/C22H15ClF3N3O3.C11H11ClN2O.C10H8N2O3/c23-16-9-7-13(8-10-16)20-27-17(12-31-20)5-2-6-18(30)14-3-1-4-15(11-14)19-28-21(32-29-19)22(24,25)26;12-9-3-1-8(2-4-9)11-14-10(5-6-13)7-15-11;1-6-11-9(12-15-6)7-3-2-4-8(5-7)10(13)14/h1,3-4,7-12H,2,5-6H2;1-4,7H,5-6,13H2;2-5H,1H3,(H,13,14). The molecule has 0 amide bonds. The number of alkyl halides is 3. The van der Waals surface area contributed by atoms with Crippen LogP contribution < -0.4 is 5.73 Å². The van der Waals surface area contributed by atoms with Crippen LogP contribution in [0.1, 0.15) is 56.7 Å². The molecular formula is C43H34Cl2F3N7O7. The summed E-state index contributed by atoms with van der Waals surface area (Å²) in [6.07, 6.45) is 0.468. The zero-order valence-corrected chi connectivity index (χ0v) is 34.0. The number of hydrogen-bond acceptors (Lipinski definition) is 13. The molecule has 0 aliphatic rings. The molecule has 3 N–H and O–H groups in total. The Hall–Kier alpha value is -6.95. The first-order chi connectivity index (χ1) is 29.7. The van der Waals surface area contributed by atoms with Gasteiger partial charge in [-0.3, -0.25) is 4.79 Å². The van der Waals surface area contributed by atoms with Gasteiger partial charge in [-0.25, -0.2) is 14.8 Å². The summed E-state index contributed by atoms with van der Waals surface area (Å²) in [5.41, 5.74) is 10.2. The molecule has 0 saturated carbocycles. The van der Waals surface area contributed by atoms with Crippen LogP contribution in [0.2, 0.25) is 10.0 Å². The van der Waals surface area contributed by atoms with Crippen LogP contribution in [0.3, 0.4) is 0 Å². The van der Waals surface area contributed by atoms with E-state index in [1.165, 1.54) is 24.3 Å². The average molecular weight is 889 g/mol. The maximum atomic E-state index is 12.7. The van der Waals surface area contributed by atoms with Crippen molar-refractivity contribution >= 4 is 35.0 Å². The van der Waals surface area contributed by atoms with Gasteiger partial charge in [-0.2, -0.15) is 23.1 Å². The fourth-order valence-electron chi connectivity index (χ4n) is 5.51. The van der Waals surface area contributed by atoms with Gasteiger partial charge in [-0.15, -0.1) is 0 Å². The number of nitrogens with two attached hydrogens (primary N) is 1. The van der Waals surface area contributed by atoms with Gasteiger partial charge < -0.3 is 28.7 Å². The number of oxazole rings is 2. The number of aryl methyl sites for hydroxylation is 2. The van der Waals surface area contributed by atoms with Crippen LogP contribution in [0, 0.1) is 6.92 Å². The van der Waals surface area contributed by atoms with Crippen LogP contribution in [0.25, 0.3) is 45.7 Å². The number of aromatic carboxylic acids is 1. The maximum absolute atomic E-state index is 12.7. The van der Waals surface area contributed by atoms with E-state index in [9.17, 15) is 22.8 Å². The van der Waals surface area contributed by atoms with Gasteiger partial charge >= 0.3 is 18.0 Å². The maximum Gasteiger partial charge on any atom is 0.471 e. The van der Waals surface area contributed by atoms with Gasteiger partial charge in [0, 0.05) is 57.6 Å². The molecule has 62 heavy (non-hydrogen) atoms. The van der Waals surface area contributed by atoms with Crippen LogP contribution in [-0.2, 0) is 19.0 Å². The number of carbonyl (C=O) groups is 2. The van der Waals surface area contributed by atoms with E-state index < -0.39 is 18.0 Å². The van der Waals surface area contributed by atoms with Gasteiger partial charge in [0.25, 0.3) is 0 Å². The minimum atomic E-state index is -4.73. The smallest absolute Gasteiger partial charge is 0.471 e. The molecule has 0 saturated heterocycles. The zero-order chi connectivity index (χ0) is 44.2. The van der Waals surface area contributed by atoms with Crippen molar-refractivity contribution in [1.29, 1.82) is 0 Å². The van der Waals surface area contributed by atoms with Gasteiger partial charge in [0.05, 0.1) is 17.0 Å². The molecule has 0 fully saturated rings. The molecule has 4 heterocycles. The van der Waals surface area contributed by atoms with E-state index in [0.717, 1.165) is 23.2 Å². The Labute approximate surface area is 360 Å². The summed E-state index contributed by atoms with van der Waals surface area (Å²) in [5.74, 6) is -0.880. The summed E-state index contributed by atoms with van der Waals surface area (Å²) in [6.45, 7) is 2.25. The molecule has 318 valence electrons. The largest absolute Gasteiger partial charge is 0.478 e. The number of carboxylic acids is 1. The molecule has 0 radical (unpaired) electrons. The summed E-state index contributed by atoms with van der Waals surface area (Å²) in [4.78, 5) is 39.3. The van der Waals surface area contributed by atoms with Crippen molar-refractivity contribution in [3.8, 4) is 45.7 Å². The van der Waals surface area contributed by atoms with Gasteiger partial charge in [-0.05, 0) is 86.1 Å². The number of Topliss-reactive ketones (excluding diaryl/α,β-unsaturated/α-hetero) is 1. The van der Waals surface area contributed by atoms with E-state index >= 15 is 0 Å². The van der Waals surface area contributed by atoms with Crippen LogP contribution in [0.5, 0.6) is 0 Å². The highest BCUT2D eigenvalue weighted by Gasteiger charge is 2.38. The highest BCUT2D eigenvalue weighted by atomic mass is 35.5. The van der Waals surface area contributed by atoms with E-state index in [0.29, 0.717) is 69.7 Å². The molecule has 19 heteroatoms. The molecule has 4 aromatic heterocycles. The summed E-state index contributed by atoms with van der Waals surface area (Å²) >= 11 is 11.7. The van der Waals surface area contributed by atoms with Crippen molar-refractivity contribution in [2.45, 2.75) is 38.8 Å². The Balaban J connectivity index is 0.000000177. The Kier molecular flexibility index (Phi) is 14.8. The SMILES string of the molecule is Cc1nc(-c2cccc(C(=O)O)c2)no1.NCCc1coc(-c2ccc(Cl)cc2)n1.O=C(CCCc1coc(-c2ccc(Cl)cc2)n1)c1cccc(-c2noc(C(F)(F)F)n2)c1. The van der Waals surface area contributed by atoms with E-state index in [-0.39, 0.29) is 29.2 Å². The number of rotatable bonds is 12. The number of aromatic nitrogens is 6. The summed E-state index contributed by atoms with van der Waals surface area (Å²) in [6, 6.07) is 27.0. The topological polar surface area (TPSA) is 210 Å². The minimum absolute atomic E-state index is 0.159. The molecular weight excluding hydrogens is 854 g/mol. The number of halogens is 5. The van der Waals surface area contributed by atoms with Crippen LogP contribution in [-0.4, -0.2) is 53.7 Å². The fourth-order valence-corrected chi connectivity index (χ4v) is 5.76. The van der Waals surface area contributed by atoms with Gasteiger partial charge in [-0.1, -0.05) is 63.8 Å². The summed E-state index contributed by atoms with van der Waals surface area (Å²) < 4.78 is 57.8. The second-order valence-corrected chi connectivity index (χ2v) is 14.0. The second kappa shape index (κ2) is 20.5. The van der Waals surface area contributed by atoms with Crippen molar-refractivity contribution in [1.82, 2.24) is 30.2 Å². The Morgan fingerprint density at radius 2 is 1.19 bits per heavy atom. The molecule has 8 aromatic rings. The first-order valence-corrected chi connectivity index (χ1v) is 19.3. The van der Waals surface area contributed by atoms with Crippen LogP contribution >= 0.6 is 23.2 Å². The lowest BCUT2D eigenvalue weighted by molar-refractivity contribution is -0.159. The van der Waals surface area contributed by atoms with Crippen LogP contribution in [0.4, 0.5) is 13.2 Å². The monoisotopic (exact) mass is 887 g/mol. The fraction of sp³-hybridized carbons (Fsp3) is 0.163. The molecule has 0 unspecified atom stereocenters. The normalized spacial score (nSPS) is 11.0. The Morgan fingerprint density at radius 3 is 1.69 bits per heavy atom. The number of nitrogens with zero attached hydrogens (tertiary/aromatic N) is 6. The molecule has 14 nitrogen and oxygen atoms in total. The van der Waals surface area contributed by atoms with Crippen molar-refractivity contribution in [3.05, 3.63) is 154 Å². The van der Waals surface area contributed by atoms with Crippen molar-refractivity contribution in [3.63, 3.8) is 0 Å². The highest BCUT2D eigenvalue weighted by Crippen LogP contribution is 2.30. The van der Waals surface area contributed by atoms with Gasteiger partial charge in [0.2, 0.25) is 29.3 Å². The quantitative estimate of drug-likeness (QED) is 0.109. The average Bonchev–Trinajstić information content (AvgIpc) is 4.11. The van der Waals surface area contributed by atoms with Crippen molar-refractivity contribution in [2.75, 3.05) is 6.54 Å². The highest BCUT2D eigenvalue weighted by molar-refractivity contribution is 6.30. The predicted octanol–water partition coefficient (Wildman–Crippen LogP) is 10.5. The van der Waals surface area contributed by atoms with E-state index in [1.54, 1.807) is 68.0 Å². The number of carboxylic acid groups (broad SMARTS) is 1. The van der Waals surface area contributed by atoms with Gasteiger partial charge in [0.1, 0.15) is 12.5 Å². The lowest BCUT2D eigenvalue weighted by Crippen LogP contribution is -2.05. The van der Waals surface area contributed by atoms with Crippen molar-refractivity contribution < 1.29 is 45.7 Å². The molecule has 8 rings (SSSR count). The first-order valence-electron chi connectivity index (χ1n) is 18.5. The third-order valence-electron chi connectivity index (χ3n) is 8.53. The van der Waals surface area contributed by atoms with E-state index in [1.807, 2.05) is 24.3 Å². The molecule has 0 bridgehead atoms. The van der Waals surface area contributed by atoms with Crippen LogP contribution in [0.15, 0.2) is 127 Å². The first kappa shape index (κ1) is 44.6. The molecule has 4 aromatic carbocycles. The van der Waals surface area contributed by atoms with Gasteiger partial charge in [0.15, 0.2) is 5.78 Å². The predicted molar refractivity (Wildman–Crippen MR) is 220 cm³/mol. The lowest BCUT2D eigenvalue weighted by atomic mass is 10.0. The molecule has 0 aliphatic carbocycles. The third-order valence-corrected chi connectivity index (χ3v) is 9.03. The van der Waals surface area contributed by atoms with E-state index in [4.69, 9.17) is 47.4 Å². The summed E-state index contributed by atoms with van der Waals surface area (Å²) in [7, 11) is 0. The molecule has 0 spiro atoms. The number of hydrogen-bond donors (Lipinski definition) is 2. The third kappa shape index (κ3) is 12.3.